The number of rotatable bonds is 4. The highest BCUT2D eigenvalue weighted by Crippen LogP contribution is 2.40. The zero-order valence-electron chi connectivity index (χ0n) is 11.2. The fraction of sp³-hybridized carbons (Fsp3) is 0.500. The number of hydrogen-bond donors (Lipinski definition) is 1. The molecular formula is C16H21NO. The Morgan fingerprint density at radius 3 is 2.78 bits per heavy atom. The molecule has 1 aromatic heterocycles. The minimum Gasteiger partial charge on any atom is -0.459 e. The van der Waals surface area contributed by atoms with E-state index in [1.54, 1.807) is 0 Å². The van der Waals surface area contributed by atoms with Gasteiger partial charge in [-0.05, 0) is 37.3 Å². The minimum atomic E-state index is 0.287. The van der Waals surface area contributed by atoms with Gasteiger partial charge in [-0.2, -0.15) is 0 Å². The van der Waals surface area contributed by atoms with Gasteiger partial charge in [-0.3, -0.25) is 0 Å². The molecule has 1 unspecified atom stereocenters. The molecular weight excluding hydrogens is 222 g/mol. The molecule has 0 radical (unpaired) electrons. The van der Waals surface area contributed by atoms with Crippen molar-refractivity contribution in [2.45, 2.75) is 39.2 Å². The molecule has 18 heavy (non-hydrogen) atoms. The Balaban J connectivity index is 1.69. The van der Waals surface area contributed by atoms with Crippen LogP contribution in [0, 0.1) is 5.41 Å². The van der Waals surface area contributed by atoms with Crippen LogP contribution in [0.15, 0.2) is 34.7 Å². The number of benzene rings is 1. The molecule has 0 amide bonds. The quantitative estimate of drug-likeness (QED) is 0.867. The minimum absolute atomic E-state index is 0.287. The summed E-state index contributed by atoms with van der Waals surface area (Å²) in [6, 6.07) is 10.6. The first-order valence-electron chi connectivity index (χ1n) is 6.88. The lowest BCUT2D eigenvalue weighted by Crippen LogP contribution is -2.38. The first kappa shape index (κ1) is 11.8. The van der Waals surface area contributed by atoms with Crippen LogP contribution in [0.25, 0.3) is 11.0 Å². The normalized spacial score (nSPS) is 19.7. The van der Waals surface area contributed by atoms with Gasteiger partial charge >= 0.3 is 0 Å². The van der Waals surface area contributed by atoms with E-state index in [4.69, 9.17) is 4.42 Å². The van der Waals surface area contributed by atoms with Gasteiger partial charge in [-0.1, -0.05) is 31.5 Å². The fourth-order valence-corrected chi connectivity index (χ4v) is 2.67. The van der Waals surface area contributed by atoms with Crippen LogP contribution in [0.3, 0.4) is 0 Å². The second kappa shape index (κ2) is 4.43. The highest BCUT2D eigenvalue weighted by molar-refractivity contribution is 5.77. The van der Waals surface area contributed by atoms with Gasteiger partial charge in [0.1, 0.15) is 11.3 Å². The monoisotopic (exact) mass is 243 g/mol. The van der Waals surface area contributed by atoms with Gasteiger partial charge in [0, 0.05) is 11.9 Å². The SMILES string of the molecule is CC(NCC1(C)CCC1)c1cc2ccccc2o1. The summed E-state index contributed by atoms with van der Waals surface area (Å²) in [5.41, 5.74) is 1.50. The summed E-state index contributed by atoms with van der Waals surface area (Å²) < 4.78 is 5.88. The van der Waals surface area contributed by atoms with Gasteiger partial charge < -0.3 is 9.73 Å². The molecule has 1 aliphatic carbocycles. The van der Waals surface area contributed by atoms with Crippen LogP contribution in [0.5, 0.6) is 0 Å². The van der Waals surface area contributed by atoms with Crippen molar-refractivity contribution in [1.82, 2.24) is 5.32 Å². The van der Waals surface area contributed by atoms with Crippen molar-refractivity contribution in [3.8, 4) is 0 Å². The van der Waals surface area contributed by atoms with E-state index in [9.17, 15) is 0 Å². The lowest BCUT2D eigenvalue weighted by Gasteiger charge is -2.39. The van der Waals surface area contributed by atoms with Crippen LogP contribution in [0.1, 0.15) is 44.9 Å². The number of nitrogens with one attached hydrogen (secondary N) is 1. The Labute approximate surface area is 108 Å². The van der Waals surface area contributed by atoms with Crippen molar-refractivity contribution >= 4 is 11.0 Å². The largest absolute Gasteiger partial charge is 0.459 e. The maximum atomic E-state index is 5.88. The molecule has 1 fully saturated rings. The zero-order chi connectivity index (χ0) is 12.6. The smallest absolute Gasteiger partial charge is 0.134 e. The Kier molecular flexibility index (Phi) is 2.90. The van der Waals surface area contributed by atoms with E-state index >= 15 is 0 Å². The third kappa shape index (κ3) is 2.17. The van der Waals surface area contributed by atoms with E-state index in [2.05, 4.69) is 37.4 Å². The van der Waals surface area contributed by atoms with E-state index in [0.717, 1.165) is 17.9 Å². The lowest BCUT2D eigenvalue weighted by atomic mass is 9.70. The van der Waals surface area contributed by atoms with E-state index in [-0.39, 0.29) is 6.04 Å². The number of fused-ring (bicyclic) bond motifs is 1. The Bertz CT molecular complexity index is 506. The molecule has 0 saturated heterocycles. The molecule has 2 aromatic rings. The first-order valence-corrected chi connectivity index (χ1v) is 6.88. The van der Waals surface area contributed by atoms with E-state index < -0.39 is 0 Å². The predicted octanol–water partition coefficient (Wildman–Crippen LogP) is 4.27. The van der Waals surface area contributed by atoms with Crippen molar-refractivity contribution < 1.29 is 4.42 Å². The molecule has 2 heteroatoms. The van der Waals surface area contributed by atoms with Crippen molar-refractivity contribution in [2.75, 3.05) is 6.54 Å². The van der Waals surface area contributed by atoms with Gasteiger partial charge in [-0.25, -0.2) is 0 Å². The van der Waals surface area contributed by atoms with Gasteiger partial charge in [0.15, 0.2) is 0 Å². The van der Waals surface area contributed by atoms with Crippen molar-refractivity contribution in [2.24, 2.45) is 5.41 Å². The summed E-state index contributed by atoms with van der Waals surface area (Å²) in [5.74, 6) is 1.04. The lowest BCUT2D eigenvalue weighted by molar-refractivity contribution is 0.150. The van der Waals surface area contributed by atoms with E-state index in [0.29, 0.717) is 5.41 Å². The molecule has 0 bridgehead atoms. The summed E-state index contributed by atoms with van der Waals surface area (Å²) >= 11 is 0. The van der Waals surface area contributed by atoms with Crippen molar-refractivity contribution in [3.05, 3.63) is 36.1 Å². The molecule has 0 aliphatic heterocycles. The molecule has 0 spiro atoms. The van der Waals surface area contributed by atoms with Gasteiger partial charge in [0.05, 0.1) is 6.04 Å². The first-order chi connectivity index (χ1) is 8.66. The summed E-state index contributed by atoms with van der Waals surface area (Å²) in [6.45, 7) is 5.64. The highest BCUT2D eigenvalue weighted by atomic mass is 16.3. The molecule has 1 heterocycles. The van der Waals surface area contributed by atoms with Gasteiger partial charge in [0.25, 0.3) is 0 Å². The molecule has 1 atom stereocenters. The molecule has 1 aliphatic rings. The average molecular weight is 243 g/mol. The molecule has 1 saturated carbocycles. The van der Waals surface area contributed by atoms with Gasteiger partial charge in [0.2, 0.25) is 0 Å². The second-order valence-electron chi connectivity index (χ2n) is 5.95. The van der Waals surface area contributed by atoms with Gasteiger partial charge in [-0.15, -0.1) is 0 Å². The van der Waals surface area contributed by atoms with E-state index in [1.165, 1.54) is 24.6 Å². The van der Waals surface area contributed by atoms with Crippen molar-refractivity contribution in [3.63, 3.8) is 0 Å². The van der Waals surface area contributed by atoms with Crippen LogP contribution in [0.4, 0.5) is 0 Å². The Morgan fingerprint density at radius 2 is 2.11 bits per heavy atom. The second-order valence-corrected chi connectivity index (χ2v) is 5.95. The third-order valence-corrected chi connectivity index (χ3v) is 4.27. The Morgan fingerprint density at radius 1 is 1.33 bits per heavy atom. The molecule has 1 aromatic carbocycles. The third-order valence-electron chi connectivity index (χ3n) is 4.27. The molecule has 1 N–H and O–H groups in total. The number of hydrogen-bond acceptors (Lipinski definition) is 2. The summed E-state index contributed by atoms with van der Waals surface area (Å²) in [6.07, 6.45) is 4.09. The Hall–Kier alpha value is -1.28. The zero-order valence-corrected chi connectivity index (χ0v) is 11.2. The van der Waals surface area contributed by atoms with Crippen molar-refractivity contribution in [1.29, 1.82) is 0 Å². The molecule has 3 rings (SSSR count). The van der Waals surface area contributed by atoms with Crippen LogP contribution in [-0.2, 0) is 0 Å². The maximum Gasteiger partial charge on any atom is 0.134 e. The fourth-order valence-electron chi connectivity index (χ4n) is 2.67. The van der Waals surface area contributed by atoms with Crippen LogP contribution in [0.2, 0.25) is 0 Å². The van der Waals surface area contributed by atoms with Crippen LogP contribution in [-0.4, -0.2) is 6.54 Å². The maximum absolute atomic E-state index is 5.88. The summed E-state index contributed by atoms with van der Waals surface area (Å²) in [7, 11) is 0. The highest BCUT2D eigenvalue weighted by Gasteiger charge is 2.31. The topological polar surface area (TPSA) is 25.2 Å². The number of para-hydroxylation sites is 1. The summed E-state index contributed by atoms with van der Waals surface area (Å²) in [5, 5.41) is 4.80. The molecule has 96 valence electrons. The number of furan rings is 1. The van der Waals surface area contributed by atoms with E-state index in [1.807, 2.05) is 12.1 Å². The molecule has 2 nitrogen and oxygen atoms in total. The standard InChI is InChI=1S/C16H21NO/c1-12(17-11-16(2)8-5-9-16)15-10-13-6-3-4-7-14(13)18-15/h3-4,6-7,10,12,17H,5,8-9,11H2,1-2H3. The predicted molar refractivity (Wildman–Crippen MR) is 74.6 cm³/mol. The van der Waals surface area contributed by atoms with Crippen LogP contribution >= 0.6 is 0 Å². The summed E-state index contributed by atoms with van der Waals surface area (Å²) in [4.78, 5) is 0. The average Bonchev–Trinajstić information content (AvgIpc) is 2.77. The van der Waals surface area contributed by atoms with Crippen LogP contribution < -0.4 is 5.32 Å².